The highest BCUT2D eigenvalue weighted by atomic mass is 16.5. The van der Waals surface area contributed by atoms with Crippen LogP contribution in [0.2, 0.25) is 0 Å². The van der Waals surface area contributed by atoms with Crippen molar-refractivity contribution in [3.63, 3.8) is 0 Å². The van der Waals surface area contributed by atoms with Gasteiger partial charge in [0.05, 0.1) is 0 Å². The van der Waals surface area contributed by atoms with Crippen LogP contribution in [0.15, 0.2) is 78.9 Å². The fourth-order valence-electron chi connectivity index (χ4n) is 2.85. The van der Waals surface area contributed by atoms with Gasteiger partial charge in [-0.3, -0.25) is 4.79 Å². The van der Waals surface area contributed by atoms with Gasteiger partial charge < -0.3 is 9.64 Å². The Kier molecular flexibility index (Phi) is 5.69. The molecule has 132 valence electrons. The number of nitrogens with zero attached hydrogens (tertiary/aromatic N) is 1. The minimum Gasteiger partial charge on any atom is -0.489 e. The molecule has 1 amide bonds. The van der Waals surface area contributed by atoms with E-state index in [0.717, 1.165) is 16.9 Å². The molecule has 0 bridgehead atoms. The van der Waals surface area contributed by atoms with E-state index in [9.17, 15) is 4.79 Å². The van der Waals surface area contributed by atoms with Gasteiger partial charge >= 0.3 is 0 Å². The predicted octanol–water partition coefficient (Wildman–Crippen LogP) is 4.85. The molecule has 0 unspecified atom stereocenters. The monoisotopic (exact) mass is 345 g/mol. The van der Waals surface area contributed by atoms with Crippen LogP contribution in [0.1, 0.15) is 27.0 Å². The normalized spacial score (nSPS) is 10.4. The molecule has 0 aliphatic rings. The third kappa shape index (κ3) is 4.31. The Balaban J connectivity index is 1.73. The molecule has 0 fully saturated rings. The Morgan fingerprint density at radius 3 is 2.19 bits per heavy atom. The topological polar surface area (TPSA) is 29.5 Å². The van der Waals surface area contributed by atoms with Crippen molar-refractivity contribution in [3.8, 4) is 5.75 Å². The highest BCUT2D eigenvalue weighted by Gasteiger charge is 2.16. The van der Waals surface area contributed by atoms with Gasteiger partial charge in [-0.25, -0.2) is 0 Å². The van der Waals surface area contributed by atoms with E-state index in [1.165, 1.54) is 5.56 Å². The Morgan fingerprint density at radius 2 is 1.46 bits per heavy atom. The summed E-state index contributed by atoms with van der Waals surface area (Å²) in [6, 6.07) is 25.4. The third-order valence-corrected chi connectivity index (χ3v) is 4.40. The number of aryl methyl sites for hydroxylation is 1. The van der Waals surface area contributed by atoms with Gasteiger partial charge in [0.2, 0.25) is 0 Å². The van der Waals surface area contributed by atoms with Crippen molar-refractivity contribution >= 4 is 5.91 Å². The first kappa shape index (κ1) is 17.7. The zero-order valence-electron chi connectivity index (χ0n) is 15.2. The Hall–Kier alpha value is -3.07. The number of amides is 1. The molecule has 3 rings (SSSR count). The first-order valence-corrected chi connectivity index (χ1v) is 8.71. The molecule has 0 heterocycles. The molecule has 0 spiro atoms. The summed E-state index contributed by atoms with van der Waals surface area (Å²) >= 11 is 0. The number of benzene rings is 3. The first-order valence-electron chi connectivity index (χ1n) is 8.71. The molecular weight excluding hydrogens is 322 g/mol. The fraction of sp³-hybridized carbons (Fsp3) is 0.174. The third-order valence-electron chi connectivity index (χ3n) is 4.40. The maximum Gasteiger partial charge on any atom is 0.254 e. The molecule has 3 heteroatoms. The number of hydrogen-bond donors (Lipinski definition) is 0. The Morgan fingerprint density at radius 1 is 0.846 bits per heavy atom. The SMILES string of the molecule is Cc1ccccc1CN(C)C(=O)c1ccccc1COc1ccccc1. The lowest BCUT2D eigenvalue weighted by Gasteiger charge is -2.20. The smallest absolute Gasteiger partial charge is 0.254 e. The highest BCUT2D eigenvalue weighted by molar-refractivity contribution is 5.95. The zero-order valence-corrected chi connectivity index (χ0v) is 15.2. The van der Waals surface area contributed by atoms with E-state index in [1.54, 1.807) is 4.90 Å². The van der Waals surface area contributed by atoms with E-state index in [1.807, 2.05) is 73.8 Å². The number of rotatable bonds is 6. The summed E-state index contributed by atoms with van der Waals surface area (Å²) in [5.41, 5.74) is 3.91. The number of ether oxygens (including phenoxy) is 1. The van der Waals surface area contributed by atoms with Crippen molar-refractivity contribution in [2.45, 2.75) is 20.1 Å². The van der Waals surface area contributed by atoms with E-state index in [4.69, 9.17) is 4.74 Å². The van der Waals surface area contributed by atoms with Gasteiger partial charge in [0, 0.05) is 24.7 Å². The molecule has 3 aromatic rings. The molecule has 3 aromatic carbocycles. The largest absolute Gasteiger partial charge is 0.489 e. The standard InChI is InChI=1S/C23H23NO2/c1-18-10-6-7-11-19(18)16-24(2)23(25)22-15-9-8-12-20(22)17-26-21-13-4-3-5-14-21/h3-15H,16-17H2,1-2H3. The van der Waals surface area contributed by atoms with Crippen LogP contribution in [0.5, 0.6) is 5.75 Å². The van der Waals surface area contributed by atoms with Crippen LogP contribution in [-0.4, -0.2) is 17.9 Å². The summed E-state index contributed by atoms with van der Waals surface area (Å²) in [5.74, 6) is 0.795. The highest BCUT2D eigenvalue weighted by Crippen LogP contribution is 2.17. The van der Waals surface area contributed by atoms with E-state index in [-0.39, 0.29) is 5.91 Å². The summed E-state index contributed by atoms with van der Waals surface area (Å²) in [7, 11) is 1.84. The van der Waals surface area contributed by atoms with Gasteiger partial charge in [-0.05, 0) is 36.2 Å². The van der Waals surface area contributed by atoms with E-state index in [2.05, 4.69) is 19.1 Å². The van der Waals surface area contributed by atoms with Gasteiger partial charge in [-0.15, -0.1) is 0 Å². The van der Waals surface area contributed by atoms with Crippen molar-refractivity contribution in [1.29, 1.82) is 0 Å². The second-order valence-corrected chi connectivity index (χ2v) is 6.35. The van der Waals surface area contributed by atoms with Crippen molar-refractivity contribution in [2.75, 3.05) is 7.05 Å². The first-order chi connectivity index (χ1) is 12.6. The predicted molar refractivity (Wildman–Crippen MR) is 104 cm³/mol. The van der Waals surface area contributed by atoms with Crippen LogP contribution < -0.4 is 4.74 Å². The second-order valence-electron chi connectivity index (χ2n) is 6.35. The van der Waals surface area contributed by atoms with Crippen LogP contribution in [0.3, 0.4) is 0 Å². The van der Waals surface area contributed by atoms with Crippen LogP contribution in [0.25, 0.3) is 0 Å². The fourth-order valence-corrected chi connectivity index (χ4v) is 2.85. The maximum absolute atomic E-state index is 13.0. The number of para-hydroxylation sites is 1. The molecule has 0 saturated heterocycles. The van der Waals surface area contributed by atoms with Crippen LogP contribution in [0, 0.1) is 6.92 Å². The molecule has 0 aliphatic carbocycles. The van der Waals surface area contributed by atoms with E-state index < -0.39 is 0 Å². The van der Waals surface area contributed by atoms with Crippen LogP contribution >= 0.6 is 0 Å². The van der Waals surface area contributed by atoms with Gasteiger partial charge in [0.25, 0.3) is 5.91 Å². The Bertz CT molecular complexity index is 874. The summed E-state index contributed by atoms with van der Waals surface area (Å²) in [6.07, 6.45) is 0. The minimum atomic E-state index is 0.000477. The molecule has 0 N–H and O–H groups in total. The van der Waals surface area contributed by atoms with Crippen molar-refractivity contribution in [1.82, 2.24) is 4.90 Å². The lowest BCUT2D eigenvalue weighted by molar-refractivity contribution is 0.0782. The van der Waals surface area contributed by atoms with Crippen LogP contribution in [-0.2, 0) is 13.2 Å². The number of hydrogen-bond acceptors (Lipinski definition) is 2. The molecular formula is C23H23NO2. The molecule has 0 atom stereocenters. The zero-order chi connectivity index (χ0) is 18.4. The summed E-state index contributed by atoms with van der Waals surface area (Å²) in [6.45, 7) is 3.01. The average molecular weight is 345 g/mol. The van der Waals surface area contributed by atoms with E-state index in [0.29, 0.717) is 18.7 Å². The van der Waals surface area contributed by atoms with Crippen molar-refractivity contribution in [2.24, 2.45) is 0 Å². The van der Waals surface area contributed by atoms with Gasteiger partial charge in [0.15, 0.2) is 0 Å². The second kappa shape index (κ2) is 8.34. The number of carbonyl (C=O) groups excluding carboxylic acids is 1. The van der Waals surface area contributed by atoms with Gasteiger partial charge in [-0.1, -0.05) is 60.7 Å². The van der Waals surface area contributed by atoms with E-state index >= 15 is 0 Å². The molecule has 0 aromatic heterocycles. The minimum absolute atomic E-state index is 0.000477. The molecule has 0 aliphatic heterocycles. The molecule has 3 nitrogen and oxygen atoms in total. The lowest BCUT2D eigenvalue weighted by atomic mass is 10.1. The van der Waals surface area contributed by atoms with Crippen molar-refractivity contribution < 1.29 is 9.53 Å². The number of carbonyl (C=O) groups is 1. The molecule has 0 saturated carbocycles. The Labute approximate surface area is 154 Å². The molecule has 0 radical (unpaired) electrons. The maximum atomic E-state index is 13.0. The van der Waals surface area contributed by atoms with Crippen LogP contribution in [0.4, 0.5) is 0 Å². The average Bonchev–Trinajstić information content (AvgIpc) is 2.68. The summed E-state index contributed by atoms with van der Waals surface area (Å²) in [4.78, 5) is 14.7. The summed E-state index contributed by atoms with van der Waals surface area (Å²) in [5, 5.41) is 0. The summed E-state index contributed by atoms with van der Waals surface area (Å²) < 4.78 is 5.83. The van der Waals surface area contributed by atoms with Crippen molar-refractivity contribution in [3.05, 3.63) is 101 Å². The van der Waals surface area contributed by atoms with Gasteiger partial charge in [0.1, 0.15) is 12.4 Å². The molecule has 26 heavy (non-hydrogen) atoms. The quantitative estimate of drug-likeness (QED) is 0.639. The van der Waals surface area contributed by atoms with Gasteiger partial charge in [-0.2, -0.15) is 0 Å². The lowest BCUT2D eigenvalue weighted by Crippen LogP contribution is -2.27.